The highest BCUT2D eigenvalue weighted by Crippen LogP contribution is 2.63. The van der Waals surface area contributed by atoms with Crippen molar-refractivity contribution >= 4 is 17.6 Å². The fourth-order valence-corrected chi connectivity index (χ4v) is 8.17. The quantitative estimate of drug-likeness (QED) is 0.368. The van der Waals surface area contributed by atoms with Gasteiger partial charge in [-0.15, -0.1) is 0 Å². The number of piperidine rings is 1. The molecule has 12 heteroatoms. The number of halogens is 3. The van der Waals surface area contributed by atoms with Crippen molar-refractivity contribution in [3.05, 3.63) is 70.8 Å². The van der Waals surface area contributed by atoms with Crippen molar-refractivity contribution < 1.29 is 37.0 Å². The number of aromatic nitrogens is 1. The zero-order chi connectivity index (χ0) is 34.4. The minimum atomic E-state index is -4.71. The second kappa shape index (κ2) is 11.0. The van der Waals surface area contributed by atoms with Crippen LogP contribution in [0.2, 0.25) is 0 Å². The Labute approximate surface area is 277 Å². The lowest BCUT2D eigenvalue weighted by Gasteiger charge is -2.53. The van der Waals surface area contributed by atoms with Crippen molar-refractivity contribution in [2.75, 3.05) is 12.4 Å². The SMILES string of the molecule is CN1C(C)(C)CC(Oc2ccc(C(=O)N[C@@H]3[C@H]4OC5=CC=C(Oc6ccnc7c6CCC(=O)N7)CC5(C)[C@@H]34)cc2C(F)(F)F)CC1(C)C. The molecule has 1 aromatic carbocycles. The molecule has 7 rings (SSSR count). The van der Waals surface area contributed by atoms with Crippen LogP contribution < -0.4 is 20.1 Å². The van der Waals surface area contributed by atoms with E-state index in [2.05, 4.69) is 48.2 Å². The monoisotopic (exact) mass is 666 g/mol. The molecule has 1 unspecified atom stereocenters. The van der Waals surface area contributed by atoms with Crippen LogP contribution in [0.15, 0.2) is 54.1 Å². The summed E-state index contributed by atoms with van der Waals surface area (Å²) in [7, 11) is 2.02. The van der Waals surface area contributed by atoms with Crippen molar-refractivity contribution in [3.63, 3.8) is 0 Å². The van der Waals surface area contributed by atoms with E-state index in [4.69, 9.17) is 14.2 Å². The zero-order valence-corrected chi connectivity index (χ0v) is 28.0. The highest BCUT2D eigenvalue weighted by molar-refractivity contribution is 5.95. The van der Waals surface area contributed by atoms with Crippen LogP contribution in [0.5, 0.6) is 11.5 Å². The van der Waals surface area contributed by atoms with Crippen molar-refractivity contribution in [1.82, 2.24) is 15.2 Å². The number of fused-ring (bicyclic) bond motifs is 4. The number of likely N-dealkylation sites (tertiary alicyclic amines) is 1. The highest BCUT2D eigenvalue weighted by Gasteiger charge is 2.69. The number of hydrogen-bond acceptors (Lipinski definition) is 7. The van der Waals surface area contributed by atoms with E-state index in [0.717, 1.165) is 17.4 Å². The van der Waals surface area contributed by atoms with E-state index < -0.39 is 29.2 Å². The first-order valence-electron chi connectivity index (χ1n) is 16.4. The Kier molecular flexibility index (Phi) is 7.43. The van der Waals surface area contributed by atoms with Crippen LogP contribution in [0.25, 0.3) is 0 Å². The molecule has 9 nitrogen and oxygen atoms in total. The number of carbonyl (C=O) groups excluding carboxylic acids is 2. The third kappa shape index (κ3) is 5.61. The number of hydrogen-bond donors (Lipinski definition) is 2. The smallest absolute Gasteiger partial charge is 0.419 e. The number of rotatable bonds is 6. The number of nitrogens with zero attached hydrogens (tertiary/aromatic N) is 2. The van der Waals surface area contributed by atoms with Crippen LogP contribution in [-0.2, 0) is 22.1 Å². The molecule has 3 aliphatic heterocycles. The first-order chi connectivity index (χ1) is 22.5. The minimum Gasteiger partial charge on any atom is -0.492 e. The summed E-state index contributed by atoms with van der Waals surface area (Å²) < 4.78 is 61.5. The standard InChI is InChI=1S/C36H41F3N4O5/c1-33(2)16-21(17-34(3,4)43(33)6)47-25-10-7-19(15-23(25)36(37,38)39)32(45)42-29-28-30(29)48-26-11-8-20(18-35(26,28)5)46-24-13-14-40-31-22(24)9-12-27(44)41-31/h7-8,10-11,13-15,21,28-30H,9,12,16-18H2,1-6H3,(H,42,45)(H,40,41,44)/t28-,29-,30-,35?/m0/s1. The molecule has 5 aliphatic rings. The molecule has 2 aliphatic carbocycles. The van der Waals surface area contributed by atoms with Gasteiger partial charge in [0.2, 0.25) is 5.91 Å². The number of anilines is 1. The van der Waals surface area contributed by atoms with Crippen molar-refractivity contribution in [2.24, 2.45) is 11.3 Å². The number of pyridine rings is 1. The maximum Gasteiger partial charge on any atom is 0.419 e. The number of carbonyl (C=O) groups is 2. The fraction of sp³-hybridized carbons (Fsp3) is 0.528. The molecule has 2 N–H and O–H groups in total. The maximum absolute atomic E-state index is 14.3. The molecule has 256 valence electrons. The van der Waals surface area contributed by atoms with Gasteiger partial charge < -0.3 is 24.8 Å². The van der Waals surface area contributed by atoms with Gasteiger partial charge in [0.25, 0.3) is 5.91 Å². The predicted octanol–water partition coefficient (Wildman–Crippen LogP) is 6.40. The third-order valence-electron chi connectivity index (χ3n) is 11.0. The average molecular weight is 667 g/mol. The Morgan fingerprint density at radius 2 is 1.79 bits per heavy atom. The predicted molar refractivity (Wildman–Crippen MR) is 171 cm³/mol. The minimum absolute atomic E-state index is 0.0773. The molecule has 4 atom stereocenters. The van der Waals surface area contributed by atoms with Gasteiger partial charge in [-0.2, -0.15) is 13.2 Å². The number of allylic oxidation sites excluding steroid dienone is 4. The highest BCUT2D eigenvalue weighted by atomic mass is 19.4. The molecular weight excluding hydrogens is 625 g/mol. The summed E-state index contributed by atoms with van der Waals surface area (Å²) in [6.45, 7) is 10.3. The van der Waals surface area contributed by atoms with E-state index >= 15 is 0 Å². The lowest BCUT2D eigenvalue weighted by Crippen LogP contribution is -2.60. The Balaban J connectivity index is 1.03. The van der Waals surface area contributed by atoms with E-state index in [9.17, 15) is 22.8 Å². The van der Waals surface area contributed by atoms with Gasteiger partial charge in [0, 0.05) is 65.4 Å². The lowest BCUT2D eigenvalue weighted by atomic mass is 9.77. The van der Waals surface area contributed by atoms with Gasteiger partial charge in [0.1, 0.15) is 41.0 Å². The number of benzene rings is 1. The van der Waals surface area contributed by atoms with Gasteiger partial charge in [-0.3, -0.25) is 14.5 Å². The van der Waals surface area contributed by atoms with Crippen LogP contribution >= 0.6 is 0 Å². The van der Waals surface area contributed by atoms with E-state index in [1.54, 1.807) is 12.3 Å². The first-order valence-corrected chi connectivity index (χ1v) is 16.4. The van der Waals surface area contributed by atoms with E-state index in [1.807, 2.05) is 26.1 Å². The molecule has 1 aromatic heterocycles. The molecule has 2 aromatic rings. The van der Waals surface area contributed by atoms with Crippen LogP contribution in [-0.4, -0.2) is 58.1 Å². The summed E-state index contributed by atoms with van der Waals surface area (Å²) in [4.78, 5) is 31.7. The normalized spacial score (nSPS) is 28.9. The summed E-state index contributed by atoms with van der Waals surface area (Å²) >= 11 is 0. The fourth-order valence-electron chi connectivity index (χ4n) is 8.17. The second-order valence-electron chi connectivity index (χ2n) is 15.2. The van der Waals surface area contributed by atoms with Gasteiger partial charge in [0.15, 0.2) is 0 Å². The van der Waals surface area contributed by atoms with Crippen molar-refractivity contribution in [2.45, 2.75) is 102 Å². The van der Waals surface area contributed by atoms with Crippen LogP contribution in [0.1, 0.15) is 81.8 Å². The molecular formula is C36H41F3N4O5. The maximum atomic E-state index is 14.3. The summed E-state index contributed by atoms with van der Waals surface area (Å²) in [6.07, 6.45) is 2.42. The number of alkyl halides is 3. The summed E-state index contributed by atoms with van der Waals surface area (Å²) in [5.41, 5.74) is -1.22. The Bertz CT molecular complexity index is 1730. The zero-order valence-electron chi connectivity index (χ0n) is 28.0. The number of ether oxygens (including phenoxy) is 3. The van der Waals surface area contributed by atoms with Gasteiger partial charge in [0.05, 0.1) is 11.6 Å². The van der Waals surface area contributed by atoms with Crippen LogP contribution in [0.4, 0.5) is 19.0 Å². The molecule has 2 amide bonds. The summed E-state index contributed by atoms with van der Waals surface area (Å²) in [5.74, 6) is 1.59. The Morgan fingerprint density at radius 1 is 1.06 bits per heavy atom. The van der Waals surface area contributed by atoms with Gasteiger partial charge in [-0.1, -0.05) is 6.92 Å². The molecule has 48 heavy (non-hydrogen) atoms. The number of amides is 2. The van der Waals surface area contributed by atoms with E-state index in [1.165, 1.54) is 12.1 Å². The van der Waals surface area contributed by atoms with Crippen LogP contribution in [0, 0.1) is 11.3 Å². The Morgan fingerprint density at radius 3 is 2.50 bits per heavy atom. The molecule has 4 heterocycles. The number of nitrogens with one attached hydrogen (secondary N) is 2. The van der Waals surface area contributed by atoms with Gasteiger partial charge >= 0.3 is 6.18 Å². The van der Waals surface area contributed by atoms with E-state index in [0.29, 0.717) is 49.4 Å². The van der Waals surface area contributed by atoms with Crippen LogP contribution in [0.3, 0.4) is 0 Å². The lowest BCUT2D eigenvalue weighted by molar-refractivity contribution is -0.140. The molecule has 2 saturated heterocycles. The first kappa shape index (κ1) is 32.5. The Hall–Kier alpha value is -4.06. The van der Waals surface area contributed by atoms with Crippen molar-refractivity contribution in [1.29, 1.82) is 0 Å². The summed E-state index contributed by atoms with van der Waals surface area (Å²) in [6, 6.07) is 4.95. The molecule has 3 fully saturated rings. The third-order valence-corrected chi connectivity index (χ3v) is 11.0. The molecule has 0 bridgehead atoms. The molecule has 0 radical (unpaired) electrons. The van der Waals surface area contributed by atoms with Crippen molar-refractivity contribution in [3.8, 4) is 11.5 Å². The largest absolute Gasteiger partial charge is 0.492 e. The second-order valence-corrected chi connectivity index (χ2v) is 15.2. The van der Waals surface area contributed by atoms with Gasteiger partial charge in [-0.05, 0) is 77.6 Å². The summed E-state index contributed by atoms with van der Waals surface area (Å²) in [5, 5.41) is 5.71. The van der Waals surface area contributed by atoms with Gasteiger partial charge in [-0.25, -0.2) is 4.98 Å². The molecule has 0 spiro atoms. The van der Waals surface area contributed by atoms with E-state index in [-0.39, 0.29) is 46.4 Å². The average Bonchev–Trinajstić information content (AvgIpc) is 3.58. The topological polar surface area (TPSA) is 102 Å². The molecule has 1 saturated carbocycles.